The second kappa shape index (κ2) is 13.2. The summed E-state index contributed by atoms with van der Waals surface area (Å²) in [5.74, 6) is -2.82. The van der Waals surface area contributed by atoms with Gasteiger partial charge in [-0.15, -0.1) is 6.58 Å². The number of carbonyl (C=O) groups is 2. The van der Waals surface area contributed by atoms with Crippen LogP contribution in [0.2, 0.25) is 0 Å². The van der Waals surface area contributed by atoms with Crippen molar-refractivity contribution in [2.45, 2.75) is 49.0 Å². The zero-order valence-corrected chi connectivity index (χ0v) is 21.0. The molecule has 1 fully saturated rings. The highest BCUT2D eigenvalue weighted by Crippen LogP contribution is 2.40. The van der Waals surface area contributed by atoms with Crippen LogP contribution in [0.4, 0.5) is 0 Å². The van der Waals surface area contributed by atoms with Gasteiger partial charge in [0, 0.05) is 12.5 Å². The summed E-state index contributed by atoms with van der Waals surface area (Å²) in [6, 6.07) is 6.07. The van der Waals surface area contributed by atoms with E-state index in [9.17, 15) is 40.2 Å². The normalized spacial score (nSPS) is 32.7. The van der Waals surface area contributed by atoms with Gasteiger partial charge in [0.1, 0.15) is 41.3 Å². The number of hydrogen-bond acceptors (Lipinski definition) is 13. The van der Waals surface area contributed by atoms with Crippen LogP contribution in [-0.4, -0.2) is 105 Å². The van der Waals surface area contributed by atoms with E-state index in [2.05, 4.69) is 6.58 Å². The Morgan fingerprint density at radius 3 is 2.41 bits per heavy atom. The van der Waals surface area contributed by atoms with Gasteiger partial charge in [0.25, 0.3) is 0 Å². The molecule has 2 heterocycles. The lowest BCUT2D eigenvalue weighted by molar-refractivity contribution is -0.343. The standard InChI is InChI=1S/C26H32O13/c1-3-16-24(39-25-22(32)21(31)20(30)18(12-27)38-25)37-13-17(23(33)35-2)26(16,34)10-11-36-19(29)9-6-14-4-7-15(28)8-5-14/h3-9,13,16,18,20-22,24-25,27-28,30-32,34H,1,10-12H2,2H3/b9-6-/t16-,18+,20+,21-,22+,24-,25-,26+/m0/s1. The van der Waals surface area contributed by atoms with E-state index in [0.717, 1.165) is 19.4 Å². The molecule has 1 aromatic rings. The average Bonchev–Trinajstić information content (AvgIpc) is 2.92. The summed E-state index contributed by atoms with van der Waals surface area (Å²) in [7, 11) is 1.09. The van der Waals surface area contributed by atoms with Crippen LogP contribution in [0.25, 0.3) is 6.08 Å². The van der Waals surface area contributed by atoms with Crippen LogP contribution < -0.4 is 0 Å². The Labute approximate surface area is 223 Å². The molecule has 214 valence electrons. The third kappa shape index (κ3) is 6.83. The molecule has 0 aliphatic carbocycles. The monoisotopic (exact) mass is 552 g/mol. The van der Waals surface area contributed by atoms with E-state index in [1.807, 2.05) is 0 Å². The van der Waals surface area contributed by atoms with Gasteiger partial charge in [-0.25, -0.2) is 9.59 Å². The fourth-order valence-electron chi connectivity index (χ4n) is 4.20. The van der Waals surface area contributed by atoms with Crippen LogP contribution in [0, 0.1) is 5.92 Å². The minimum absolute atomic E-state index is 0.0690. The smallest absolute Gasteiger partial charge is 0.339 e. The van der Waals surface area contributed by atoms with Crippen LogP contribution in [0.5, 0.6) is 5.75 Å². The SMILES string of the molecule is C=C[C@H]1[C@H](O[C@@H]2O[C@H](CO)[C@@H](O)[C@H](O)[C@H]2O)OC=C(C(=O)OC)[C@@]1(O)CCOC(=O)/C=C\c1ccc(O)cc1. The number of phenols is 1. The Kier molecular flexibility index (Phi) is 10.2. The summed E-state index contributed by atoms with van der Waals surface area (Å²) in [6.07, 6.45) is -5.00. The van der Waals surface area contributed by atoms with Crippen molar-refractivity contribution in [3.63, 3.8) is 0 Å². The Hall–Kier alpha value is -3.30. The van der Waals surface area contributed by atoms with E-state index in [0.29, 0.717) is 5.56 Å². The van der Waals surface area contributed by atoms with Gasteiger partial charge in [-0.3, -0.25) is 0 Å². The lowest BCUT2D eigenvalue weighted by Crippen LogP contribution is -2.61. The van der Waals surface area contributed by atoms with Gasteiger partial charge in [-0.2, -0.15) is 0 Å². The second-order valence-electron chi connectivity index (χ2n) is 8.89. The predicted octanol–water partition coefficient (Wildman–Crippen LogP) is -0.898. The third-order valence-electron chi connectivity index (χ3n) is 6.44. The van der Waals surface area contributed by atoms with Gasteiger partial charge in [0.05, 0.1) is 32.5 Å². The molecule has 0 bridgehead atoms. The number of phenolic OH excluding ortho intramolecular Hbond substituents is 1. The van der Waals surface area contributed by atoms with Gasteiger partial charge >= 0.3 is 11.9 Å². The van der Waals surface area contributed by atoms with E-state index in [1.54, 1.807) is 12.1 Å². The number of aromatic hydroxyl groups is 1. The Morgan fingerprint density at radius 1 is 1.10 bits per heavy atom. The molecular weight excluding hydrogens is 520 g/mol. The number of rotatable bonds is 10. The summed E-state index contributed by atoms with van der Waals surface area (Å²) in [4.78, 5) is 24.6. The van der Waals surface area contributed by atoms with Crippen molar-refractivity contribution in [3.8, 4) is 5.75 Å². The molecule has 6 N–H and O–H groups in total. The number of aliphatic hydroxyl groups excluding tert-OH is 4. The van der Waals surface area contributed by atoms with E-state index in [1.165, 1.54) is 24.3 Å². The minimum atomic E-state index is -2.09. The molecule has 0 spiro atoms. The molecule has 0 aromatic heterocycles. The van der Waals surface area contributed by atoms with Crippen LogP contribution in [0.15, 0.2) is 54.8 Å². The first-order chi connectivity index (χ1) is 18.5. The van der Waals surface area contributed by atoms with Crippen molar-refractivity contribution >= 4 is 18.0 Å². The summed E-state index contributed by atoms with van der Waals surface area (Å²) in [5, 5.41) is 60.7. The zero-order valence-electron chi connectivity index (χ0n) is 21.0. The predicted molar refractivity (Wildman–Crippen MR) is 131 cm³/mol. The van der Waals surface area contributed by atoms with Crippen LogP contribution in [0.1, 0.15) is 12.0 Å². The van der Waals surface area contributed by atoms with Crippen LogP contribution >= 0.6 is 0 Å². The largest absolute Gasteiger partial charge is 0.508 e. The number of hydrogen-bond donors (Lipinski definition) is 6. The fraction of sp³-hybridized carbons (Fsp3) is 0.462. The number of benzene rings is 1. The van der Waals surface area contributed by atoms with Gasteiger partial charge in [0.2, 0.25) is 6.29 Å². The molecule has 2 aliphatic rings. The molecular formula is C26H32O13. The highest BCUT2D eigenvalue weighted by Gasteiger charge is 2.53. The number of methoxy groups -OCH3 is 1. The lowest BCUT2D eigenvalue weighted by Gasteiger charge is -2.45. The molecule has 0 amide bonds. The van der Waals surface area contributed by atoms with Gasteiger partial charge in [0.15, 0.2) is 6.29 Å². The first-order valence-corrected chi connectivity index (χ1v) is 11.9. The first kappa shape index (κ1) is 30.2. The molecule has 3 rings (SSSR count). The van der Waals surface area contributed by atoms with Crippen LogP contribution in [-0.2, 0) is 33.3 Å². The minimum Gasteiger partial charge on any atom is -0.508 e. The quantitative estimate of drug-likeness (QED) is 0.119. The second-order valence-corrected chi connectivity index (χ2v) is 8.89. The number of ether oxygens (including phenoxy) is 5. The van der Waals surface area contributed by atoms with Crippen molar-refractivity contribution < 1.29 is 63.9 Å². The van der Waals surface area contributed by atoms with E-state index >= 15 is 0 Å². The zero-order chi connectivity index (χ0) is 28.7. The number of carbonyl (C=O) groups excluding carboxylic acids is 2. The average molecular weight is 553 g/mol. The van der Waals surface area contributed by atoms with Crippen molar-refractivity contribution in [1.82, 2.24) is 0 Å². The summed E-state index contributed by atoms with van der Waals surface area (Å²) >= 11 is 0. The molecule has 0 unspecified atom stereocenters. The topological polar surface area (TPSA) is 202 Å². The molecule has 2 aliphatic heterocycles. The molecule has 1 saturated heterocycles. The van der Waals surface area contributed by atoms with Gasteiger partial charge < -0.3 is 54.3 Å². The Morgan fingerprint density at radius 2 is 1.79 bits per heavy atom. The highest BCUT2D eigenvalue weighted by molar-refractivity contribution is 5.91. The first-order valence-electron chi connectivity index (χ1n) is 11.9. The maximum absolute atomic E-state index is 12.4. The number of esters is 2. The molecule has 1 aromatic carbocycles. The van der Waals surface area contributed by atoms with E-state index in [-0.39, 0.29) is 24.4 Å². The molecule has 13 nitrogen and oxygen atoms in total. The Bertz CT molecular complexity index is 1070. The molecule has 0 radical (unpaired) electrons. The summed E-state index contributed by atoms with van der Waals surface area (Å²) < 4.78 is 26.4. The van der Waals surface area contributed by atoms with E-state index in [4.69, 9.17) is 23.7 Å². The molecule has 13 heteroatoms. The molecule has 39 heavy (non-hydrogen) atoms. The maximum Gasteiger partial charge on any atom is 0.339 e. The van der Waals surface area contributed by atoms with Gasteiger partial charge in [-0.1, -0.05) is 18.2 Å². The highest BCUT2D eigenvalue weighted by atomic mass is 16.8. The summed E-state index contributed by atoms with van der Waals surface area (Å²) in [6.45, 7) is 2.61. The molecule has 8 atom stereocenters. The summed E-state index contributed by atoms with van der Waals surface area (Å²) in [5.41, 5.74) is -1.78. The van der Waals surface area contributed by atoms with Crippen molar-refractivity contribution in [2.24, 2.45) is 5.92 Å². The van der Waals surface area contributed by atoms with Crippen molar-refractivity contribution in [2.75, 3.05) is 20.3 Å². The fourth-order valence-corrected chi connectivity index (χ4v) is 4.20. The van der Waals surface area contributed by atoms with Crippen molar-refractivity contribution in [1.29, 1.82) is 0 Å². The Balaban J connectivity index is 1.74. The van der Waals surface area contributed by atoms with Crippen LogP contribution in [0.3, 0.4) is 0 Å². The number of aliphatic hydroxyl groups is 5. The van der Waals surface area contributed by atoms with Crippen molar-refractivity contribution in [3.05, 3.63) is 60.4 Å². The van der Waals surface area contributed by atoms with E-state index < -0.39 is 67.1 Å². The third-order valence-corrected chi connectivity index (χ3v) is 6.44. The lowest BCUT2D eigenvalue weighted by atomic mass is 9.77. The van der Waals surface area contributed by atoms with Gasteiger partial charge in [-0.05, 0) is 23.8 Å². The maximum atomic E-state index is 12.4. The molecule has 0 saturated carbocycles.